The zero-order valence-corrected chi connectivity index (χ0v) is 39.1. The van der Waals surface area contributed by atoms with Gasteiger partial charge in [-0.15, -0.1) is 0 Å². The topological polar surface area (TPSA) is 322 Å². The van der Waals surface area contributed by atoms with Crippen molar-refractivity contribution in [2.75, 3.05) is 132 Å². The minimum atomic E-state index is -2.80. The van der Waals surface area contributed by atoms with E-state index in [0.717, 1.165) is 128 Å². The lowest BCUT2D eigenvalue weighted by Gasteiger charge is -2.11. The number of cyclic esters (lactones) is 1. The van der Waals surface area contributed by atoms with E-state index in [1.54, 1.807) is 0 Å². The molecule has 9 fully saturated rings. The molecule has 0 aromatic rings. The second-order valence-corrected chi connectivity index (χ2v) is 22.8. The van der Waals surface area contributed by atoms with Gasteiger partial charge >= 0.3 is 12.0 Å². The Morgan fingerprint density at radius 2 is 1.03 bits per heavy atom. The first-order chi connectivity index (χ1) is 29.5. The number of Topliss-reactive ketones (excluding diaryl/α,β-unsaturated/α-hetero) is 1. The molecule has 0 bridgehead atoms. The summed E-state index contributed by atoms with van der Waals surface area (Å²) in [5.41, 5.74) is 0. The average molecular weight is 966 g/mol. The number of esters is 1. The van der Waals surface area contributed by atoms with E-state index < -0.39 is 40.5 Å². The van der Waals surface area contributed by atoms with Crippen molar-refractivity contribution in [3.05, 3.63) is 0 Å². The van der Waals surface area contributed by atoms with Crippen LogP contribution in [0.1, 0.15) is 64.2 Å². The molecule has 9 aliphatic rings. The van der Waals surface area contributed by atoms with E-state index in [1.807, 2.05) is 0 Å². The molecule has 9 aliphatic heterocycles. The van der Waals surface area contributed by atoms with Gasteiger partial charge in [-0.05, 0) is 45.1 Å². The highest BCUT2D eigenvalue weighted by atomic mass is 32.2. The van der Waals surface area contributed by atoms with Gasteiger partial charge in [0.1, 0.15) is 15.6 Å². The van der Waals surface area contributed by atoms with Crippen LogP contribution in [0.3, 0.4) is 0 Å². The van der Waals surface area contributed by atoms with Crippen LogP contribution >= 0.6 is 0 Å². The molecule has 0 atom stereocenters. The predicted octanol–water partition coefficient (Wildman–Crippen LogP) is -3.60. The Morgan fingerprint density at radius 3 is 1.32 bits per heavy atom. The number of rotatable bonds is 0. The van der Waals surface area contributed by atoms with Crippen LogP contribution in [0.5, 0.6) is 0 Å². The van der Waals surface area contributed by atoms with Crippen molar-refractivity contribution in [1.29, 1.82) is 0 Å². The number of amides is 4. The smallest absolute Gasteiger partial charge is 0.314 e. The Hall–Kier alpha value is -2.85. The van der Waals surface area contributed by atoms with Crippen LogP contribution in [0.25, 0.3) is 0 Å². The van der Waals surface area contributed by atoms with Crippen molar-refractivity contribution < 1.29 is 58.2 Å². The Labute approximate surface area is 370 Å². The summed E-state index contributed by atoms with van der Waals surface area (Å²) in [7, 11) is -8.49. The molecular formula is C36H71N9O13S4. The number of sulfone groups is 2. The zero-order chi connectivity index (χ0) is 46.0. The normalized spacial score (nSPS) is 24.0. The van der Waals surface area contributed by atoms with Gasteiger partial charge in [0.05, 0.1) is 41.9 Å². The summed E-state index contributed by atoms with van der Waals surface area (Å²) in [5.74, 6) is 4.15. The first-order valence-electron chi connectivity index (χ1n) is 21.3. The Balaban J connectivity index is 0.000000349. The number of piperazine rings is 1. The summed E-state index contributed by atoms with van der Waals surface area (Å²) in [6.07, 6.45) is 8.37. The lowest BCUT2D eigenvalue weighted by molar-refractivity contribution is -0.138. The van der Waals surface area contributed by atoms with Crippen molar-refractivity contribution >= 4 is 70.1 Å². The van der Waals surface area contributed by atoms with Crippen molar-refractivity contribution in [2.24, 2.45) is 0 Å². The Morgan fingerprint density at radius 1 is 0.452 bits per heavy atom. The second kappa shape index (κ2) is 34.5. The molecule has 4 amide bonds. The third-order valence-corrected chi connectivity index (χ3v) is 15.2. The van der Waals surface area contributed by atoms with Crippen molar-refractivity contribution in [3.63, 3.8) is 0 Å². The van der Waals surface area contributed by atoms with Gasteiger partial charge < -0.3 is 47.3 Å². The standard InChI is InChI=1S/C6H11NO.C4H8N2O.C4H9NO2S.C4H9NOS.C4H7NO.C4H8O2S.C4H6O2.C3H6N2O.C3H7NO2S/c8-6-2-1-4-7-5-3-6;7-4-3-5-1-2-6-4;6-8(7)3-1-5-2-4-8;6-7-3-1-5-2-4-7;6-4-2-1-3-5-4;5-7(6)3-1-2-4-7;5-4-2-1-3-6-4;6-3-4-1-2-5-3;5-7(6)3-1-2-4-7/h7H,1-5H2;5H,1-3H2,(H,6,7);5H,1-4H2;5H,1-4H2;1-3H2,(H,5,6);1-4H2;1-3H2;1-2H2,(H2,4,5,6);4H,1-3H2. The highest BCUT2D eigenvalue weighted by molar-refractivity contribution is 7.91. The third kappa shape index (κ3) is 35.6. The van der Waals surface area contributed by atoms with Gasteiger partial charge in [0.2, 0.25) is 21.8 Å². The SMILES string of the molecule is O=C1CCCN1.O=C1CCCNCC1.O=C1CCCO1.O=C1CNCCN1.O=C1NCCN1.O=S1(=O)CCCC1.O=S1(=O)CCCN1.O=S1(=O)CCNCC1.O=S1CCNCC1. The van der Waals surface area contributed by atoms with E-state index in [2.05, 4.69) is 52.0 Å². The van der Waals surface area contributed by atoms with Crippen LogP contribution in [0.4, 0.5) is 4.79 Å². The maximum absolute atomic E-state index is 10.6. The first-order valence-corrected chi connectivity index (χ1v) is 28.1. The fraction of sp³-hybridized carbons (Fsp3) is 0.861. The quantitative estimate of drug-likeness (QED) is 0.106. The number of nitrogens with one attached hydrogen (secondary N) is 9. The van der Waals surface area contributed by atoms with E-state index >= 15 is 0 Å². The van der Waals surface area contributed by atoms with Gasteiger partial charge in [-0.25, -0.2) is 34.8 Å². The summed E-state index contributed by atoms with van der Waals surface area (Å²) in [6.45, 7) is 10.9. The molecule has 9 rings (SSSR count). The fourth-order valence-corrected chi connectivity index (χ4v) is 10.2. The van der Waals surface area contributed by atoms with Gasteiger partial charge in [0.15, 0.2) is 9.84 Å². The summed E-state index contributed by atoms with van der Waals surface area (Å²) < 4.78 is 80.1. The van der Waals surface area contributed by atoms with Gasteiger partial charge in [-0.1, -0.05) is 0 Å². The summed E-state index contributed by atoms with van der Waals surface area (Å²) in [5, 5.41) is 22.7. The molecule has 0 aromatic heterocycles. The minimum absolute atomic E-state index is 0.0463. The highest BCUT2D eigenvalue weighted by Crippen LogP contribution is 2.08. The minimum Gasteiger partial charge on any atom is -0.466 e. The molecule has 0 aromatic carbocycles. The van der Waals surface area contributed by atoms with E-state index in [1.165, 1.54) is 0 Å². The average Bonchev–Trinajstić information content (AvgIpc) is 4.11. The Bertz CT molecular complexity index is 1490. The lowest BCUT2D eigenvalue weighted by atomic mass is 10.2. The van der Waals surface area contributed by atoms with Gasteiger partial charge in [-0.3, -0.25) is 23.4 Å². The molecule has 9 N–H and O–H groups in total. The van der Waals surface area contributed by atoms with Crippen molar-refractivity contribution in [2.45, 2.75) is 64.2 Å². The molecule has 0 unspecified atom stereocenters. The number of carbonyl (C=O) groups is 5. The highest BCUT2D eigenvalue weighted by Gasteiger charge is 2.17. The van der Waals surface area contributed by atoms with Gasteiger partial charge in [0.25, 0.3) is 0 Å². The van der Waals surface area contributed by atoms with E-state index in [-0.39, 0.29) is 23.8 Å². The van der Waals surface area contributed by atoms with Crippen LogP contribution in [-0.2, 0) is 64.4 Å². The molecule has 26 heteroatoms. The molecule has 0 spiro atoms. The third-order valence-electron chi connectivity index (χ3n) is 8.95. The summed E-state index contributed by atoms with van der Waals surface area (Å²) in [4.78, 5) is 51.1. The number of carbonyl (C=O) groups excluding carboxylic acids is 5. The van der Waals surface area contributed by atoms with Crippen molar-refractivity contribution in [1.82, 2.24) is 47.3 Å². The van der Waals surface area contributed by atoms with Crippen molar-refractivity contribution in [3.8, 4) is 0 Å². The maximum Gasteiger partial charge on any atom is 0.314 e. The predicted molar refractivity (Wildman–Crippen MR) is 238 cm³/mol. The van der Waals surface area contributed by atoms with Crippen LogP contribution in [0.15, 0.2) is 0 Å². The largest absolute Gasteiger partial charge is 0.466 e. The van der Waals surface area contributed by atoms with Gasteiger partial charge in [-0.2, -0.15) is 0 Å². The first kappa shape index (κ1) is 57.2. The van der Waals surface area contributed by atoms with E-state index in [0.29, 0.717) is 73.8 Å². The van der Waals surface area contributed by atoms with E-state index in [4.69, 9.17) is 0 Å². The summed E-state index contributed by atoms with van der Waals surface area (Å²) >= 11 is 0. The fourth-order valence-electron chi connectivity index (χ4n) is 5.49. The van der Waals surface area contributed by atoms with Crippen LogP contribution in [-0.4, -0.2) is 191 Å². The van der Waals surface area contributed by atoms with Crippen LogP contribution in [0.2, 0.25) is 0 Å². The zero-order valence-electron chi connectivity index (χ0n) is 35.9. The molecule has 362 valence electrons. The molecule has 0 radical (unpaired) electrons. The molecule has 62 heavy (non-hydrogen) atoms. The lowest BCUT2D eigenvalue weighted by Crippen LogP contribution is -2.44. The van der Waals surface area contributed by atoms with Gasteiger partial charge in [0, 0.05) is 120 Å². The van der Waals surface area contributed by atoms with Crippen LogP contribution in [0, 0.1) is 0 Å². The molecule has 9 heterocycles. The number of ketones is 1. The number of hydrogen-bond acceptors (Lipinski definition) is 17. The molecule has 0 saturated carbocycles. The van der Waals surface area contributed by atoms with Crippen LogP contribution < -0.4 is 47.3 Å². The number of ether oxygens (including phenoxy) is 1. The Kier molecular flexibility index (Phi) is 31.9. The second-order valence-electron chi connectivity index (χ2n) is 14.6. The molecular weight excluding hydrogens is 895 g/mol. The maximum atomic E-state index is 10.6. The number of sulfonamides is 1. The van der Waals surface area contributed by atoms with E-state index in [9.17, 15) is 53.4 Å². The number of urea groups is 1. The summed E-state index contributed by atoms with van der Waals surface area (Å²) in [6, 6.07) is -0.0463. The molecule has 22 nitrogen and oxygen atoms in total. The number of hydrogen-bond donors (Lipinski definition) is 9. The monoisotopic (exact) mass is 965 g/mol. The molecule has 9 saturated heterocycles. The molecule has 0 aliphatic carbocycles.